The van der Waals surface area contributed by atoms with E-state index in [4.69, 9.17) is 9.47 Å². The molecular formula is C24H22N2O4. The summed E-state index contributed by atoms with van der Waals surface area (Å²) in [4.78, 5) is 24.5. The Kier molecular flexibility index (Phi) is 6.95. The summed E-state index contributed by atoms with van der Waals surface area (Å²) in [6.07, 6.45) is 1.50. The van der Waals surface area contributed by atoms with Crippen LogP contribution in [-0.2, 0) is 0 Å². The summed E-state index contributed by atoms with van der Waals surface area (Å²) in [6, 6.07) is 21.0. The summed E-state index contributed by atoms with van der Waals surface area (Å²) in [5.41, 5.74) is 5.16. The van der Waals surface area contributed by atoms with Gasteiger partial charge in [-0.3, -0.25) is 4.79 Å². The van der Waals surface area contributed by atoms with Crippen molar-refractivity contribution in [2.45, 2.75) is 13.8 Å². The van der Waals surface area contributed by atoms with Crippen LogP contribution < -0.4 is 14.9 Å². The lowest BCUT2D eigenvalue weighted by Crippen LogP contribution is -2.17. The molecule has 0 heterocycles. The molecule has 0 aliphatic heterocycles. The van der Waals surface area contributed by atoms with Gasteiger partial charge in [-0.05, 0) is 61.9 Å². The molecule has 0 fully saturated rings. The number of rotatable bonds is 7. The number of aryl methyl sites for hydroxylation is 1. The van der Waals surface area contributed by atoms with Crippen LogP contribution in [0.3, 0.4) is 0 Å². The van der Waals surface area contributed by atoms with Crippen molar-refractivity contribution in [3.05, 3.63) is 95.1 Å². The molecule has 3 aromatic carbocycles. The zero-order chi connectivity index (χ0) is 21.3. The maximum Gasteiger partial charge on any atom is 0.343 e. The maximum atomic E-state index is 12.3. The number of amides is 1. The van der Waals surface area contributed by atoms with Crippen LogP contribution in [0.25, 0.3) is 0 Å². The molecule has 1 N–H and O–H groups in total. The van der Waals surface area contributed by atoms with Crippen molar-refractivity contribution in [2.24, 2.45) is 5.10 Å². The highest BCUT2D eigenvalue weighted by Gasteiger charge is 2.13. The zero-order valence-corrected chi connectivity index (χ0v) is 16.8. The highest BCUT2D eigenvalue weighted by atomic mass is 16.6. The lowest BCUT2D eigenvalue weighted by molar-refractivity contribution is 0.0728. The molecule has 0 bridgehead atoms. The molecule has 0 saturated carbocycles. The molecule has 1 amide bonds. The monoisotopic (exact) mass is 402 g/mol. The van der Waals surface area contributed by atoms with E-state index in [0.717, 1.165) is 5.56 Å². The van der Waals surface area contributed by atoms with Crippen LogP contribution in [0.1, 0.15) is 38.8 Å². The Hall–Kier alpha value is -3.93. The van der Waals surface area contributed by atoms with E-state index in [0.29, 0.717) is 34.8 Å². The fourth-order valence-corrected chi connectivity index (χ4v) is 2.71. The number of nitrogens with one attached hydrogen (secondary N) is 1. The lowest BCUT2D eigenvalue weighted by atomic mass is 10.1. The Morgan fingerprint density at radius 1 is 0.933 bits per heavy atom. The molecule has 0 unspecified atom stereocenters. The van der Waals surface area contributed by atoms with Gasteiger partial charge < -0.3 is 9.47 Å². The minimum absolute atomic E-state index is 0.298. The normalized spacial score (nSPS) is 10.6. The van der Waals surface area contributed by atoms with Crippen molar-refractivity contribution in [1.29, 1.82) is 0 Å². The van der Waals surface area contributed by atoms with Crippen LogP contribution in [0.5, 0.6) is 11.5 Å². The number of hydrogen-bond acceptors (Lipinski definition) is 5. The summed E-state index contributed by atoms with van der Waals surface area (Å²) < 4.78 is 11.1. The van der Waals surface area contributed by atoms with Crippen LogP contribution in [0.15, 0.2) is 77.9 Å². The molecule has 0 aliphatic carbocycles. The third kappa shape index (κ3) is 5.54. The summed E-state index contributed by atoms with van der Waals surface area (Å²) in [5.74, 6) is -0.0424. The molecule has 3 aromatic rings. The van der Waals surface area contributed by atoms with E-state index >= 15 is 0 Å². The smallest absolute Gasteiger partial charge is 0.343 e. The summed E-state index contributed by atoms with van der Waals surface area (Å²) in [5, 5.41) is 4.00. The minimum atomic E-state index is -0.469. The number of ether oxygens (including phenoxy) is 2. The molecule has 0 aromatic heterocycles. The SMILES string of the molecule is CCOc1cc(/C=N\NC(=O)c2cccc(C)c2)ccc1OC(=O)c1ccccc1. The maximum absolute atomic E-state index is 12.3. The number of benzene rings is 3. The third-order valence-electron chi connectivity index (χ3n) is 4.14. The van der Waals surface area contributed by atoms with Gasteiger partial charge in [0.05, 0.1) is 18.4 Å². The van der Waals surface area contributed by atoms with Gasteiger partial charge >= 0.3 is 5.97 Å². The van der Waals surface area contributed by atoms with E-state index in [2.05, 4.69) is 10.5 Å². The predicted octanol–water partition coefficient (Wildman–Crippen LogP) is 4.38. The Morgan fingerprint density at radius 3 is 2.43 bits per heavy atom. The first-order chi connectivity index (χ1) is 14.6. The van der Waals surface area contributed by atoms with E-state index in [-0.39, 0.29) is 5.91 Å². The van der Waals surface area contributed by atoms with Gasteiger partial charge in [0.2, 0.25) is 0 Å². The molecule has 6 heteroatoms. The summed E-state index contributed by atoms with van der Waals surface area (Å²) >= 11 is 0. The largest absolute Gasteiger partial charge is 0.490 e. The van der Waals surface area contributed by atoms with Crippen LogP contribution in [0, 0.1) is 6.92 Å². The molecule has 0 spiro atoms. The second kappa shape index (κ2) is 10.0. The Balaban J connectivity index is 1.70. The third-order valence-corrected chi connectivity index (χ3v) is 4.14. The van der Waals surface area contributed by atoms with Gasteiger partial charge in [0, 0.05) is 5.56 Å². The molecule has 0 aliphatic rings. The molecule has 6 nitrogen and oxygen atoms in total. The fraction of sp³-hybridized carbons (Fsp3) is 0.125. The van der Waals surface area contributed by atoms with E-state index in [1.165, 1.54) is 6.21 Å². The van der Waals surface area contributed by atoms with Crippen LogP contribution in [0.2, 0.25) is 0 Å². The standard InChI is InChI=1S/C24H22N2O4/c1-3-29-22-15-18(16-25-26-23(27)20-11-7-8-17(2)14-20)12-13-21(22)30-24(28)19-9-5-4-6-10-19/h4-16H,3H2,1-2H3,(H,26,27)/b25-16-. The van der Waals surface area contributed by atoms with Crippen LogP contribution in [0.4, 0.5) is 0 Å². The van der Waals surface area contributed by atoms with E-state index in [1.807, 2.05) is 32.0 Å². The highest BCUT2D eigenvalue weighted by Crippen LogP contribution is 2.29. The molecule has 152 valence electrons. The average molecular weight is 402 g/mol. The van der Waals surface area contributed by atoms with Crippen molar-refractivity contribution in [3.63, 3.8) is 0 Å². The second-order valence-corrected chi connectivity index (χ2v) is 6.46. The first kappa shape index (κ1) is 20.8. The number of hydrazone groups is 1. The van der Waals surface area contributed by atoms with E-state index < -0.39 is 5.97 Å². The zero-order valence-electron chi connectivity index (χ0n) is 16.8. The van der Waals surface area contributed by atoms with Crippen molar-refractivity contribution in [2.75, 3.05) is 6.61 Å². The number of esters is 1. The van der Waals surface area contributed by atoms with Crippen molar-refractivity contribution in [1.82, 2.24) is 5.43 Å². The van der Waals surface area contributed by atoms with Gasteiger partial charge in [-0.15, -0.1) is 0 Å². The highest BCUT2D eigenvalue weighted by molar-refractivity contribution is 5.95. The molecule has 0 atom stereocenters. The molecule has 0 saturated heterocycles. The van der Waals surface area contributed by atoms with E-state index in [9.17, 15) is 9.59 Å². The lowest BCUT2D eigenvalue weighted by Gasteiger charge is -2.11. The Morgan fingerprint density at radius 2 is 1.70 bits per heavy atom. The first-order valence-electron chi connectivity index (χ1n) is 9.51. The summed E-state index contributed by atoms with van der Waals surface area (Å²) in [6.45, 7) is 4.16. The topological polar surface area (TPSA) is 77.0 Å². The molecule has 30 heavy (non-hydrogen) atoms. The van der Waals surface area contributed by atoms with Gasteiger partial charge in [-0.2, -0.15) is 5.10 Å². The van der Waals surface area contributed by atoms with Gasteiger partial charge in [0.25, 0.3) is 5.91 Å². The van der Waals surface area contributed by atoms with Crippen molar-refractivity contribution < 1.29 is 19.1 Å². The quantitative estimate of drug-likeness (QED) is 0.275. The van der Waals surface area contributed by atoms with Gasteiger partial charge in [0.1, 0.15) is 0 Å². The summed E-state index contributed by atoms with van der Waals surface area (Å²) in [7, 11) is 0. The van der Waals surface area contributed by atoms with Gasteiger partial charge in [-0.1, -0.05) is 35.9 Å². The second-order valence-electron chi connectivity index (χ2n) is 6.46. The fourth-order valence-electron chi connectivity index (χ4n) is 2.71. The first-order valence-corrected chi connectivity index (χ1v) is 9.51. The molecule has 3 rings (SSSR count). The average Bonchev–Trinajstić information content (AvgIpc) is 2.76. The predicted molar refractivity (Wildman–Crippen MR) is 115 cm³/mol. The number of hydrogen-bond donors (Lipinski definition) is 1. The van der Waals surface area contributed by atoms with Crippen molar-refractivity contribution >= 4 is 18.1 Å². The minimum Gasteiger partial charge on any atom is -0.490 e. The van der Waals surface area contributed by atoms with Crippen LogP contribution >= 0.6 is 0 Å². The van der Waals surface area contributed by atoms with E-state index in [1.54, 1.807) is 54.6 Å². The number of carbonyl (C=O) groups is 2. The van der Waals surface area contributed by atoms with Crippen LogP contribution in [-0.4, -0.2) is 24.7 Å². The molecular weight excluding hydrogens is 380 g/mol. The molecule has 0 radical (unpaired) electrons. The number of carbonyl (C=O) groups excluding carboxylic acids is 2. The Bertz CT molecular complexity index is 1060. The van der Waals surface area contributed by atoms with Gasteiger partial charge in [0.15, 0.2) is 11.5 Å². The van der Waals surface area contributed by atoms with Crippen molar-refractivity contribution in [3.8, 4) is 11.5 Å². The van der Waals surface area contributed by atoms with Gasteiger partial charge in [-0.25, -0.2) is 10.2 Å². The number of nitrogens with zero attached hydrogens (tertiary/aromatic N) is 1. The Labute approximate surface area is 175 Å².